The average Bonchev–Trinajstić information content (AvgIpc) is 2.24. The number of benzene rings is 1. The third-order valence-corrected chi connectivity index (χ3v) is 3.04. The van der Waals surface area contributed by atoms with Gasteiger partial charge >= 0.3 is 0 Å². The summed E-state index contributed by atoms with van der Waals surface area (Å²) in [7, 11) is 0. The van der Waals surface area contributed by atoms with Crippen LogP contribution in [0.1, 0.15) is 39.2 Å². The van der Waals surface area contributed by atoms with Gasteiger partial charge in [0.25, 0.3) is 0 Å². The minimum absolute atomic E-state index is 0.158. The quantitative estimate of drug-likeness (QED) is 0.655. The van der Waals surface area contributed by atoms with E-state index in [1.807, 2.05) is 18.2 Å². The fourth-order valence-electron chi connectivity index (χ4n) is 1.81. The third kappa shape index (κ3) is 2.21. The van der Waals surface area contributed by atoms with Gasteiger partial charge in [0.1, 0.15) is 5.60 Å². The Hall–Kier alpha value is -0.860. The Kier molecular flexibility index (Phi) is 2.57. The lowest BCUT2D eigenvalue weighted by molar-refractivity contribution is -0.434. The Morgan fingerprint density at radius 3 is 2.13 bits per heavy atom. The van der Waals surface area contributed by atoms with E-state index in [0.29, 0.717) is 0 Å². The molecule has 2 heteroatoms. The minimum Gasteiger partial charge on any atom is -0.230 e. The second-order valence-corrected chi connectivity index (χ2v) is 5.02. The first-order chi connectivity index (χ1) is 7.02. The lowest BCUT2D eigenvalue weighted by atomic mass is 9.86. The molecule has 1 heterocycles. The smallest absolute Gasteiger partial charge is 0.126 e. The van der Waals surface area contributed by atoms with Crippen LogP contribution < -0.4 is 0 Å². The first kappa shape index (κ1) is 10.7. The maximum atomic E-state index is 5.57. The summed E-state index contributed by atoms with van der Waals surface area (Å²) < 4.78 is 0. The molecule has 0 radical (unpaired) electrons. The van der Waals surface area contributed by atoms with Gasteiger partial charge in [-0.3, -0.25) is 0 Å². The molecule has 0 saturated carbocycles. The van der Waals surface area contributed by atoms with Crippen molar-refractivity contribution in [3.63, 3.8) is 0 Å². The van der Waals surface area contributed by atoms with Gasteiger partial charge in [0.2, 0.25) is 0 Å². The van der Waals surface area contributed by atoms with Crippen LogP contribution in [-0.4, -0.2) is 5.60 Å². The molecule has 0 amide bonds. The first-order valence-electron chi connectivity index (χ1n) is 5.44. The van der Waals surface area contributed by atoms with E-state index in [1.54, 1.807) is 0 Å². The van der Waals surface area contributed by atoms with Crippen LogP contribution in [0.5, 0.6) is 0 Å². The van der Waals surface area contributed by atoms with Crippen LogP contribution >= 0.6 is 0 Å². The van der Waals surface area contributed by atoms with E-state index in [-0.39, 0.29) is 11.2 Å². The summed E-state index contributed by atoms with van der Waals surface area (Å²) in [4.78, 5) is 11.0. The molecule has 1 aliphatic rings. The van der Waals surface area contributed by atoms with E-state index in [2.05, 4.69) is 32.9 Å². The molecular weight excluding hydrogens is 188 g/mol. The van der Waals surface area contributed by atoms with Crippen LogP contribution in [0.2, 0.25) is 0 Å². The predicted molar refractivity (Wildman–Crippen MR) is 59.3 cm³/mol. The van der Waals surface area contributed by atoms with E-state index in [1.165, 1.54) is 5.56 Å². The van der Waals surface area contributed by atoms with Gasteiger partial charge in [0.05, 0.1) is 5.60 Å². The molecular formula is C13H18O2. The normalized spacial score (nSPS) is 30.1. The van der Waals surface area contributed by atoms with Crippen molar-refractivity contribution in [1.82, 2.24) is 0 Å². The van der Waals surface area contributed by atoms with Crippen molar-refractivity contribution in [2.45, 2.75) is 44.8 Å². The highest BCUT2D eigenvalue weighted by atomic mass is 17.2. The van der Waals surface area contributed by atoms with E-state index < -0.39 is 0 Å². The Bertz CT molecular complexity index is 320. The van der Waals surface area contributed by atoms with Gasteiger partial charge in [0, 0.05) is 0 Å². The number of hydrogen-bond donors (Lipinski definition) is 0. The zero-order valence-electron chi connectivity index (χ0n) is 9.62. The van der Waals surface area contributed by atoms with Crippen molar-refractivity contribution in [2.24, 2.45) is 0 Å². The maximum absolute atomic E-state index is 5.57. The summed E-state index contributed by atoms with van der Waals surface area (Å²) in [5.41, 5.74) is 0.728. The van der Waals surface area contributed by atoms with Crippen LogP contribution in [0.25, 0.3) is 0 Å². The molecule has 0 spiro atoms. The summed E-state index contributed by atoms with van der Waals surface area (Å²) in [5.74, 6) is 0. The number of hydrogen-bond acceptors (Lipinski definition) is 2. The fourth-order valence-corrected chi connectivity index (χ4v) is 1.81. The van der Waals surface area contributed by atoms with Gasteiger partial charge in [-0.25, -0.2) is 9.78 Å². The summed E-state index contributed by atoms with van der Waals surface area (Å²) in [6.45, 7) is 6.19. The molecule has 0 aromatic heterocycles. The second-order valence-electron chi connectivity index (χ2n) is 5.02. The molecule has 1 aromatic rings. The van der Waals surface area contributed by atoms with E-state index in [0.717, 1.165) is 12.8 Å². The van der Waals surface area contributed by atoms with Crippen molar-refractivity contribution < 1.29 is 9.78 Å². The van der Waals surface area contributed by atoms with Gasteiger partial charge in [0.15, 0.2) is 0 Å². The van der Waals surface area contributed by atoms with Crippen molar-refractivity contribution >= 4 is 0 Å². The van der Waals surface area contributed by atoms with Crippen LogP contribution in [0.3, 0.4) is 0 Å². The maximum Gasteiger partial charge on any atom is 0.126 e. The monoisotopic (exact) mass is 206 g/mol. The molecule has 0 bridgehead atoms. The van der Waals surface area contributed by atoms with Gasteiger partial charge in [-0.2, -0.15) is 0 Å². The topological polar surface area (TPSA) is 18.5 Å². The van der Waals surface area contributed by atoms with Crippen LogP contribution in [0.4, 0.5) is 0 Å². The molecule has 1 aliphatic heterocycles. The molecule has 1 fully saturated rings. The third-order valence-electron chi connectivity index (χ3n) is 3.04. The molecule has 0 N–H and O–H groups in total. The summed E-state index contributed by atoms with van der Waals surface area (Å²) in [5, 5.41) is 0. The largest absolute Gasteiger partial charge is 0.230 e. The highest BCUT2D eigenvalue weighted by molar-refractivity contribution is 5.22. The highest BCUT2D eigenvalue weighted by Crippen LogP contribution is 2.39. The fraction of sp³-hybridized carbons (Fsp3) is 0.538. The second kappa shape index (κ2) is 3.62. The Balaban J connectivity index is 2.17. The van der Waals surface area contributed by atoms with Crippen molar-refractivity contribution in [2.75, 3.05) is 0 Å². The van der Waals surface area contributed by atoms with Crippen molar-refractivity contribution in [1.29, 1.82) is 0 Å². The Labute approximate surface area is 91.1 Å². The summed E-state index contributed by atoms with van der Waals surface area (Å²) in [6, 6.07) is 10.2. The summed E-state index contributed by atoms with van der Waals surface area (Å²) >= 11 is 0. The number of rotatable bonds is 1. The highest BCUT2D eigenvalue weighted by Gasteiger charge is 2.38. The van der Waals surface area contributed by atoms with Crippen LogP contribution in [0, 0.1) is 0 Å². The molecule has 1 saturated heterocycles. The van der Waals surface area contributed by atoms with Crippen molar-refractivity contribution in [3.8, 4) is 0 Å². The van der Waals surface area contributed by atoms with Crippen LogP contribution in [0.15, 0.2) is 30.3 Å². The summed E-state index contributed by atoms with van der Waals surface area (Å²) in [6.07, 6.45) is 2.00. The molecule has 1 aromatic carbocycles. The van der Waals surface area contributed by atoms with E-state index in [4.69, 9.17) is 9.78 Å². The average molecular weight is 206 g/mol. The van der Waals surface area contributed by atoms with E-state index >= 15 is 0 Å². The molecule has 15 heavy (non-hydrogen) atoms. The lowest BCUT2D eigenvalue weighted by Gasteiger charge is -2.40. The van der Waals surface area contributed by atoms with E-state index in [9.17, 15) is 0 Å². The zero-order valence-corrected chi connectivity index (χ0v) is 9.62. The molecule has 1 unspecified atom stereocenters. The lowest BCUT2D eigenvalue weighted by Crippen LogP contribution is -2.40. The van der Waals surface area contributed by atoms with Gasteiger partial charge in [-0.15, -0.1) is 0 Å². The predicted octanol–water partition coefficient (Wildman–Crippen LogP) is 3.42. The van der Waals surface area contributed by atoms with Crippen molar-refractivity contribution in [3.05, 3.63) is 35.9 Å². The molecule has 2 rings (SSSR count). The molecule has 82 valence electrons. The van der Waals surface area contributed by atoms with Gasteiger partial charge in [-0.05, 0) is 39.2 Å². The molecule has 1 atom stereocenters. The Morgan fingerprint density at radius 2 is 1.60 bits per heavy atom. The zero-order chi connectivity index (χ0) is 10.9. The van der Waals surface area contributed by atoms with Gasteiger partial charge in [-0.1, -0.05) is 30.3 Å². The minimum atomic E-state index is -0.295. The van der Waals surface area contributed by atoms with Crippen LogP contribution in [-0.2, 0) is 15.4 Å². The molecule has 0 aliphatic carbocycles. The first-order valence-corrected chi connectivity index (χ1v) is 5.44. The molecule has 2 nitrogen and oxygen atoms in total. The van der Waals surface area contributed by atoms with Gasteiger partial charge < -0.3 is 0 Å². The standard InChI is InChI=1S/C13H18O2/c1-12(2)9-10-13(3,15-14-12)11-7-5-4-6-8-11/h4-8H,9-10H2,1-3H3. The SMILES string of the molecule is CC1(C)CCC(C)(c2ccccc2)OO1. The Morgan fingerprint density at radius 1 is 0.933 bits per heavy atom.